The third-order valence-electron chi connectivity index (χ3n) is 2.40. The first kappa shape index (κ1) is 14.3. The number of hydrogen-bond acceptors (Lipinski definition) is 2. The van der Waals surface area contributed by atoms with Crippen molar-refractivity contribution in [3.63, 3.8) is 0 Å². The van der Waals surface area contributed by atoms with Crippen molar-refractivity contribution in [1.29, 1.82) is 0 Å². The zero-order valence-corrected chi connectivity index (χ0v) is 12.1. The summed E-state index contributed by atoms with van der Waals surface area (Å²) in [5.74, 6) is -0.284. The van der Waals surface area contributed by atoms with E-state index >= 15 is 0 Å². The van der Waals surface area contributed by atoms with Gasteiger partial charge in [-0.05, 0) is 24.6 Å². The molecule has 3 nitrogen and oxygen atoms in total. The second-order valence-electron chi connectivity index (χ2n) is 3.96. The zero-order valence-electron chi connectivity index (χ0n) is 9.78. The van der Waals surface area contributed by atoms with Gasteiger partial charge < -0.3 is 10.0 Å². The van der Waals surface area contributed by atoms with Crippen LogP contribution in [0.25, 0.3) is 0 Å². The van der Waals surface area contributed by atoms with Gasteiger partial charge in [-0.3, -0.25) is 4.79 Å². The van der Waals surface area contributed by atoms with E-state index in [1.165, 1.54) is 12.1 Å². The molecule has 0 aliphatic heterocycles. The van der Waals surface area contributed by atoms with Gasteiger partial charge in [-0.2, -0.15) is 0 Å². The van der Waals surface area contributed by atoms with Crippen molar-refractivity contribution >= 4 is 33.4 Å². The van der Waals surface area contributed by atoms with Gasteiger partial charge in [0.25, 0.3) is 5.91 Å². The Morgan fingerprint density at radius 2 is 2.24 bits per heavy atom. The second-order valence-corrected chi connectivity index (χ2v) is 5.96. The number of rotatable bonds is 4. The molecular formula is C12H15BrClNO2. The summed E-state index contributed by atoms with van der Waals surface area (Å²) in [4.78, 5) is 13.9. The van der Waals surface area contributed by atoms with E-state index in [4.69, 9.17) is 11.6 Å². The van der Waals surface area contributed by atoms with E-state index < -0.39 is 0 Å². The maximum atomic E-state index is 12.0. The van der Waals surface area contributed by atoms with Gasteiger partial charge in [0.1, 0.15) is 5.75 Å². The topological polar surface area (TPSA) is 40.5 Å². The molecule has 0 fully saturated rings. The van der Waals surface area contributed by atoms with Gasteiger partial charge in [-0.1, -0.05) is 34.5 Å². The lowest BCUT2D eigenvalue weighted by atomic mass is 10.1. The number of aromatic hydroxyl groups is 1. The minimum Gasteiger partial charge on any atom is -0.507 e. The maximum absolute atomic E-state index is 12.0. The van der Waals surface area contributed by atoms with E-state index in [9.17, 15) is 9.90 Å². The number of amides is 1. The molecule has 1 aromatic rings. The van der Waals surface area contributed by atoms with E-state index in [0.717, 1.165) is 6.42 Å². The number of alkyl halides is 1. The van der Waals surface area contributed by atoms with Gasteiger partial charge in [0.2, 0.25) is 0 Å². The molecule has 94 valence electrons. The number of phenols is 1. The van der Waals surface area contributed by atoms with E-state index in [1.54, 1.807) is 18.0 Å². The molecule has 0 saturated carbocycles. The number of halogens is 2. The maximum Gasteiger partial charge on any atom is 0.257 e. The Morgan fingerprint density at radius 3 is 2.76 bits per heavy atom. The van der Waals surface area contributed by atoms with Crippen LogP contribution < -0.4 is 0 Å². The molecule has 17 heavy (non-hydrogen) atoms. The van der Waals surface area contributed by atoms with Gasteiger partial charge >= 0.3 is 0 Å². The fourth-order valence-electron chi connectivity index (χ4n) is 1.36. The van der Waals surface area contributed by atoms with E-state index in [0.29, 0.717) is 16.4 Å². The largest absolute Gasteiger partial charge is 0.507 e. The lowest BCUT2D eigenvalue weighted by molar-refractivity contribution is 0.0791. The van der Waals surface area contributed by atoms with Crippen molar-refractivity contribution < 1.29 is 9.90 Å². The summed E-state index contributed by atoms with van der Waals surface area (Å²) in [5, 5.41) is 10.1. The summed E-state index contributed by atoms with van der Waals surface area (Å²) in [6.07, 6.45) is 0.858. The summed E-state index contributed by atoms with van der Waals surface area (Å²) in [6, 6.07) is 4.50. The van der Waals surface area contributed by atoms with Gasteiger partial charge in [-0.15, -0.1) is 0 Å². The normalized spacial score (nSPS) is 12.2. The molecule has 0 saturated heterocycles. The van der Waals surface area contributed by atoms with Crippen molar-refractivity contribution in [2.24, 2.45) is 0 Å². The molecule has 0 aromatic heterocycles. The van der Waals surface area contributed by atoms with Crippen molar-refractivity contribution in [2.45, 2.75) is 18.2 Å². The Kier molecular flexibility index (Phi) is 5.28. The molecule has 0 radical (unpaired) electrons. The molecule has 0 aliphatic rings. The molecule has 1 atom stereocenters. The second kappa shape index (κ2) is 6.26. The highest BCUT2D eigenvalue weighted by molar-refractivity contribution is 9.09. The molecule has 0 heterocycles. The minimum absolute atomic E-state index is 0.0822. The number of hydrogen-bond donors (Lipinski definition) is 1. The van der Waals surface area contributed by atoms with Crippen molar-refractivity contribution in [3.05, 3.63) is 28.8 Å². The Labute approximate surface area is 115 Å². The molecule has 1 N–H and O–H groups in total. The first-order chi connectivity index (χ1) is 7.91. The van der Waals surface area contributed by atoms with E-state index in [1.807, 2.05) is 6.92 Å². The van der Waals surface area contributed by atoms with Crippen LogP contribution >= 0.6 is 27.5 Å². The molecule has 0 bridgehead atoms. The van der Waals surface area contributed by atoms with Crippen LogP contribution in [0.3, 0.4) is 0 Å². The molecular weight excluding hydrogens is 305 g/mol. The van der Waals surface area contributed by atoms with Crippen LogP contribution in [0.1, 0.15) is 23.7 Å². The highest BCUT2D eigenvalue weighted by atomic mass is 79.9. The van der Waals surface area contributed by atoms with Gasteiger partial charge in [0, 0.05) is 23.4 Å². The van der Waals surface area contributed by atoms with Crippen molar-refractivity contribution in [3.8, 4) is 5.75 Å². The summed E-state index contributed by atoms with van der Waals surface area (Å²) in [5.41, 5.74) is 0.277. The van der Waals surface area contributed by atoms with Crippen molar-refractivity contribution in [1.82, 2.24) is 4.90 Å². The quantitative estimate of drug-likeness (QED) is 0.865. The van der Waals surface area contributed by atoms with Crippen LogP contribution in [-0.4, -0.2) is 34.3 Å². The SMILES string of the molecule is CC(Br)CCN(C)C(=O)c1ccc(Cl)cc1O. The van der Waals surface area contributed by atoms with Crippen molar-refractivity contribution in [2.75, 3.05) is 13.6 Å². The van der Waals surface area contributed by atoms with Crippen LogP contribution in [-0.2, 0) is 0 Å². The standard InChI is InChI=1S/C12H15BrClNO2/c1-8(13)5-6-15(2)12(17)10-4-3-9(14)7-11(10)16/h3-4,7-8,16H,5-6H2,1-2H3. The Balaban J connectivity index is 2.75. The minimum atomic E-state index is -0.202. The first-order valence-corrected chi connectivity index (χ1v) is 6.59. The van der Waals surface area contributed by atoms with Crippen LogP contribution in [0.5, 0.6) is 5.75 Å². The summed E-state index contributed by atoms with van der Waals surface area (Å²) in [7, 11) is 1.71. The van der Waals surface area contributed by atoms with E-state index in [2.05, 4.69) is 15.9 Å². The zero-order chi connectivity index (χ0) is 13.0. The number of carbonyl (C=O) groups is 1. The Morgan fingerprint density at radius 1 is 1.59 bits per heavy atom. The monoisotopic (exact) mass is 319 g/mol. The summed E-state index contributed by atoms with van der Waals surface area (Å²) in [6.45, 7) is 2.66. The lowest BCUT2D eigenvalue weighted by Gasteiger charge is -2.18. The molecule has 0 aliphatic carbocycles. The third kappa shape index (κ3) is 4.21. The number of nitrogens with zero attached hydrogens (tertiary/aromatic N) is 1. The van der Waals surface area contributed by atoms with Gasteiger partial charge in [-0.25, -0.2) is 0 Å². The van der Waals surface area contributed by atoms with Crippen LogP contribution in [0.2, 0.25) is 5.02 Å². The smallest absolute Gasteiger partial charge is 0.257 e. The fourth-order valence-corrected chi connectivity index (χ4v) is 1.74. The first-order valence-electron chi connectivity index (χ1n) is 5.30. The molecule has 1 rings (SSSR count). The van der Waals surface area contributed by atoms with E-state index in [-0.39, 0.29) is 17.2 Å². The average molecular weight is 321 g/mol. The highest BCUT2D eigenvalue weighted by Crippen LogP contribution is 2.23. The summed E-state index contributed by atoms with van der Waals surface area (Å²) >= 11 is 9.14. The third-order valence-corrected chi connectivity index (χ3v) is 3.09. The molecule has 1 aromatic carbocycles. The van der Waals surface area contributed by atoms with Crippen LogP contribution in [0.4, 0.5) is 0 Å². The highest BCUT2D eigenvalue weighted by Gasteiger charge is 2.16. The number of carbonyl (C=O) groups excluding carboxylic acids is 1. The number of benzene rings is 1. The predicted octanol–water partition coefficient (Wildman–Crippen LogP) is 3.29. The lowest BCUT2D eigenvalue weighted by Crippen LogP contribution is -2.28. The average Bonchev–Trinajstić information content (AvgIpc) is 2.25. The molecule has 1 unspecified atom stereocenters. The summed E-state index contributed by atoms with van der Waals surface area (Å²) < 4.78 is 0. The Hall–Kier alpha value is -0.740. The fraction of sp³-hybridized carbons (Fsp3) is 0.417. The van der Waals surface area contributed by atoms with Crippen LogP contribution in [0.15, 0.2) is 18.2 Å². The molecule has 5 heteroatoms. The molecule has 1 amide bonds. The molecule has 0 spiro atoms. The predicted molar refractivity (Wildman–Crippen MR) is 73.1 cm³/mol. The van der Waals surface area contributed by atoms with Crippen LogP contribution in [0, 0.1) is 0 Å². The number of phenolic OH excluding ortho intramolecular Hbond substituents is 1. The Bertz CT molecular complexity index is 409. The van der Waals surface area contributed by atoms with Gasteiger partial charge in [0.05, 0.1) is 5.56 Å². The van der Waals surface area contributed by atoms with Gasteiger partial charge in [0.15, 0.2) is 0 Å².